The maximum Gasteiger partial charge on any atom is 0.407 e. The summed E-state index contributed by atoms with van der Waals surface area (Å²) < 4.78 is 10.5. The fourth-order valence-electron chi connectivity index (χ4n) is 1.30. The SMILES string of the molecule is CC#CCNC(=O)OCCCCOCSSCCNC(C)C. The van der Waals surface area contributed by atoms with E-state index in [-0.39, 0.29) is 0 Å². The molecule has 0 radical (unpaired) electrons. The summed E-state index contributed by atoms with van der Waals surface area (Å²) in [7, 11) is 3.55. The molecule has 0 spiro atoms. The molecule has 0 atom stereocenters. The van der Waals surface area contributed by atoms with E-state index in [0.29, 0.717) is 31.7 Å². The summed E-state index contributed by atoms with van der Waals surface area (Å²) in [6.07, 6.45) is 1.29. The molecule has 1 amide bonds. The van der Waals surface area contributed by atoms with Crippen molar-refractivity contribution in [3.05, 3.63) is 0 Å². The highest BCUT2D eigenvalue weighted by molar-refractivity contribution is 8.76. The molecule has 0 aromatic heterocycles. The smallest absolute Gasteiger partial charge is 0.407 e. The molecule has 22 heavy (non-hydrogen) atoms. The van der Waals surface area contributed by atoms with Crippen molar-refractivity contribution in [1.29, 1.82) is 0 Å². The number of nitrogens with one attached hydrogen (secondary N) is 2. The fourth-order valence-corrected chi connectivity index (χ4v) is 2.89. The van der Waals surface area contributed by atoms with Gasteiger partial charge in [0.05, 0.1) is 13.2 Å². The zero-order valence-corrected chi connectivity index (χ0v) is 15.4. The van der Waals surface area contributed by atoms with Crippen LogP contribution in [-0.2, 0) is 9.47 Å². The standard InChI is InChI=1S/C15H28N2O3S2/c1-4-5-8-17-15(18)20-11-7-6-10-19-13-22-21-12-9-16-14(2)3/h14,16H,6-13H2,1-3H3,(H,17,18). The van der Waals surface area contributed by atoms with Crippen molar-refractivity contribution >= 4 is 27.7 Å². The molecule has 0 heterocycles. The van der Waals surface area contributed by atoms with E-state index in [1.165, 1.54) is 0 Å². The van der Waals surface area contributed by atoms with Crippen LogP contribution in [0.25, 0.3) is 0 Å². The molecule has 128 valence electrons. The van der Waals surface area contributed by atoms with Crippen molar-refractivity contribution in [2.45, 2.75) is 39.7 Å². The Kier molecular flexibility index (Phi) is 16.4. The second kappa shape index (κ2) is 16.8. The van der Waals surface area contributed by atoms with Gasteiger partial charge in [0.25, 0.3) is 0 Å². The van der Waals surface area contributed by atoms with Gasteiger partial charge >= 0.3 is 6.09 Å². The third kappa shape index (κ3) is 17.5. The summed E-state index contributed by atoms with van der Waals surface area (Å²) in [4.78, 5) is 11.2. The maximum absolute atomic E-state index is 11.2. The van der Waals surface area contributed by atoms with Gasteiger partial charge in [-0.15, -0.1) is 5.92 Å². The monoisotopic (exact) mass is 348 g/mol. The molecule has 0 fully saturated rings. The van der Waals surface area contributed by atoms with E-state index in [4.69, 9.17) is 9.47 Å². The molecule has 0 aromatic carbocycles. The van der Waals surface area contributed by atoms with Gasteiger partial charge in [-0.05, 0) is 19.8 Å². The number of carbonyl (C=O) groups is 1. The van der Waals surface area contributed by atoms with Gasteiger partial charge in [-0.2, -0.15) is 0 Å². The first-order valence-electron chi connectivity index (χ1n) is 7.52. The molecule has 0 rings (SSSR count). The largest absolute Gasteiger partial charge is 0.450 e. The minimum Gasteiger partial charge on any atom is -0.450 e. The van der Waals surface area contributed by atoms with Crippen LogP contribution in [0.3, 0.4) is 0 Å². The van der Waals surface area contributed by atoms with E-state index in [9.17, 15) is 4.79 Å². The minimum atomic E-state index is -0.411. The molecular weight excluding hydrogens is 320 g/mol. The van der Waals surface area contributed by atoms with Crippen LogP contribution >= 0.6 is 21.6 Å². The van der Waals surface area contributed by atoms with Crippen LogP contribution in [0.1, 0.15) is 33.6 Å². The number of ether oxygens (including phenoxy) is 2. The number of carbonyl (C=O) groups excluding carboxylic acids is 1. The van der Waals surface area contributed by atoms with Gasteiger partial charge in [0.15, 0.2) is 0 Å². The molecule has 2 N–H and O–H groups in total. The van der Waals surface area contributed by atoms with Crippen LogP contribution in [-0.4, -0.2) is 50.1 Å². The second-order valence-electron chi connectivity index (χ2n) is 4.70. The summed E-state index contributed by atoms with van der Waals surface area (Å²) in [5, 5.41) is 5.92. The fraction of sp³-hybridized carbons (Fsp3) is 0.800. The Morgan fingerprint density at radius 3 is 2.73 bits per heavy atom. The lowest BCUT2D eigenvalue weighted by atomic mass is 10.3. The summed E-state index contributed by atoms with van der Waals surface area (Å²) in [6.45, 7) is 8.49. The van der Waals surface area contributed by atoms with Gasteiger partial charge in [-0.25, -0.2) is 4.79 Å². The zero-order valence-electron chi connectivity index (χ0n) is 13.8. The van der Waals surface area contributed by atoms with E-state index >= 15 is 0 Å². The molecule has 0 aliphatic carbocycles. The highest BCUT2D eigenvalue weighted by Gasteiger charge is 1.99. The van der Waals surface area contributed by atoms with E-state index in [1.807, 2.05) is 10.8 Å². The van der Waals surface area contributed by atoms with Crippen molar-refractivity contribution in [2.75, 3.05) is 38.0 Å². The molecule has 0 aliphatic heterocycles. The third-order valence-electron chi connectivity index (χ3n) is 2.37. The number of rotatable bonds is 13. The lowest BCUT2D eigenvalue weighted by Crippen LogP contribution is -2.24. The Morgan fingerprint density at radius 2 is 2.00 bits per heavy atom. The summed E-state index contributed by atoms with van der Waals surface area (Å²) >= 11 is 0. The Morgan fingerprint density at radius 1 is 1.23 bits per heavy atom. The Hall–Kier alpha value is -0.550. The van der Waals surface area contributed by atoms with Crippen LogP contribution in [0.4, 0.5) is 4.79 Å². The van der Waals surface area contributed by atoms with Crippen LogP contribution in [0, 0.1) is 11.8 Å². The van der Waals surface area contributed by atoms with Gasteiger partial charge in [-0.3, -0.25) is 0 Å². The third-order valence-corrected chi connectivity index (χ3v) is 4.46. The van der Waals surface area contributed by atoms with Gasteiger partial charge in [0.1, 0.15) is 5.94 Å². The highest BCUT2D eigenvalue weighted by Crippen LogP contribution is 2.20. The Balaban J connectivity index is 3.13. The van der Waals surface area contributed by atoms with Crippen LogP contribution in [0.15, 0.2) is 0 Å². The lowest BCUT2D eigenvalue weighted by Gasteiger charge is -2.07. The Bertz CT molecular complexity index is 330. The van der Waals surface area contributed by atoms with Crippen LogP contribution in [0.5, 0.6) is 0 Å². The van der Waals surface area contributed by atoms with Crippen LogP contribution in [0.2, 0.25) is 0 Å². The van der Waals surface area contributed by atoms with E-state index in [1.54, 1.807) is 17.7 Å². The summed E-state index contributed by atoms with van der Waals surface area (Å²) in [6, 6.07) is 0.547. The van der Waals surface area contributed by atoms with E-state index in [2.05, 4.69) is 36.3 Å². The lowest BCUT2D eigenvalue weighted by molar-refractivity contribution is 0.134. The van der Waals surface area contributed by atoms with Crippen LogP contribution < -0.4 is 10.6 Å². The van der Waals surface area contributed by atoms with Gasteiger partial charge in [0, 0.05) is 24.9 Å². The predicted molar refractivity (Wildman–Crippen MR) is 96.0 cm³/mol. The first-order chi connectivity index (χ1) is 10.7. The quantitative estimate of drug-likeness (QED) is 0.231. The van der Waals surface area contributed by atoms with E-state index in [0.717, 1.165) is 25.1 Å². The average Bonchev–Trinajstić information content (AvgIpc) is 2.48. The van der Waals surface area contributed by atoms with E-state index < -0.39 is 6.09 Å². The van der Waals surface area contributed by atoms with Gasteiger partial charge in [0.2, 0.25) is 0 Å². The van der Waals surface area contributed by atoms with Gasteiger partial charge in [-0.1, -0.05) is 41.4 Å². The average molecular weight is 349 g/mol. The predicted octanol–water partition coefficient (Wildman–Crippen LogP) is 2.87. The molecule has 0 aliphatic rings. The summed E-state index contributed by atoms with van der Waals surface area (Å²) in [5.74, 6) is 7.21. The first kappa shape index (κ1) is 21.4. The molecule has 0 unspecified atom stereocenters. The van der Waals surface area contributed by atoms with Crippen molar-refractivity contribution in [3.63, 3.8) is 0 Å². The molecule has 0 saturated heterocycles. The highest BCUT2D eigenvalue weighted by atomic mass is 33.1. The second-order valence-corrected chi connectivity index (χ2v) is 7.23. The molecule has 0 aromatic rings. The van der Waals surface area contributed by atoms with Crippen molar-refractivity contribution < 1.29 is 14.3 Å². The van der Waals surface area contributed by atoms with Gasteiger partial charge < -0.3 is 20.1 Å². The Labute approximate surface area is 142 Å². The van der Waals surface area contributed by atoms with Crippen molar-refractivity contribution in [1.82, 2.24) is 10.6 Å². The number of alkyl carbamates (subject to hydrolysis) is 1. The van der Waals surface area contributed by atoms with Crippen molar-refractivity contribution in [2.24, 2.45) is 0 Å². The topological polar surface area (TPSA) is 59.6 Å². The maximum atomic E-state index is 11.2. The minimum absolute atomic E-state index is 0.333. The molecule has 0 bridgehead atoms. The first-order valence-corrected chi connectivity index (χ1v) is 10.0. The van der Waals surface area contributed by atoms with Crippen molar-refractivity contribution in [3.8, 4) is 11.8 Å². The number of amides is 1. The molecule has 7 heteroatoms. The summed E-state index contributed by atoms with van der Waals surface area (Å²) in [5.41, 5.74) is 0. The number of hydrogen-bond acceptors (Lipinski definition) is 6. The normalized spacial score (nSPS) is 10.2. The molecular formula is C15H28N2O3S2. The molecule has 0 saturated carbocycles. The molecule has 5 nitrogen and oxygen atoms in total. The number of unbranched alkanes of at least 4 members (excludes halogenated alkanes) is 1. The zero-order chi connectivity index (χ0) is 16.5. The number of hydrogen-bond donors (Lipinski definition) is 2.